The summed E-state index contributed by atoms with van der Waals surface area (Å²) in [5.41, 5.74) is 6.25. The molecule has 0 aliphatic heterocycles. The molecule has 0 unspecified atom stereocenters. The Balaban J connectivity index is 2.53. The second-order valence-corrected chi connectivity index (χ2v) is 6.18. The molecular weight excluding hydrogens is 340 g/mol. The smallest absolute Gasteiger partial charge is 0.257 e. The standard InChI is InChI=1S/C14H19BrN2O2S/c1-9(2)5-6-17-13(18)8-19-12-4-3-10(15)7-11(12)14(16)20/h3-4,7,9H,5-6,8H2,1-2H3,(H2,16,20)(H,17,18). The van der Waals surface area contributed by atoms with E-state index in [1.165, 1.54) is 0 Å². The van der Waals surface area contributed by atoms with Crippen LogP contribution in [-0.4, -0.2) is 24.0 Å². The summed E-state index contributed by atoms with van der Waals surface area (Å²) in [4.78, 5) is 11.9. The van der Waals surface area contributed by atoms with Crippen LogP contribution in [0.25, 0.3) is 0 Å². The normalized spacial score (nSPS) is 10.4. The zero-order chi connectivity index (χ0) is 15.1. The number of rotatable bonds is 7. The Bertz CT molecular complexity index is 492. The van der Waals surface area contributed by atoms with Crippen molar-refractivity contribution in [3.63, 3.8) is 0 Å². The van der Waals surface area contributed by atoms with Gasteiger partial charge in [-0.25, -0.2) is 0 Å². The Morgan fingerprint density at radius 1 is 1.50 bits per heavy atom. The first kappa shape index (κ1) is 16.9. The van der Waals surface area contributed by atoms with Gasteiger partial charge in [0.25, 0.3) is 5.91 Å². The summed E-state index contributed by atoms with van der Waals surface area (Å²) >= 11 is 8.31. The molecule has 1 amide bonds. The van der Waals surface area contributed by atoms with Gasteiger partial charge in [-0.05, 0) is 30.5 Å². The minimum Gasteiger partial charge on any atom is -0.483 e. The van der Waals surface area contributed by atoms with Crippen LogP contribution in [0.15, 0.2) is 22.7 Å². The van der Waals surface area contributed by atoms with E-state index in [0.717, 1.165) is 10.9 Å². The first-order chi connectivity index (χ1) is 9.40. The molecule has 0 heterocycles. The van der Waals surface area contributed by atoms with Crippen LogP contribution in [0, 0.1) is 5.92 Å². The van der Waals surface area contributed by atoms with Crippen LogP contribution in [0.5, 0.6) is 5.75 Å². The van der Waals surface area contributed by atoms with E-state index in [9.17, 15) is 4.79 Å². The average molecular weight is 359 g/mol. The number of benzene rings is 1. The van der Waals surface area contributed by atoms with Crippen LogP contribution < -0.4 is 15.8 Å². The predicted octanol–water partition coefficient (Wildman–Crippen LogP) is 2.62. The molecule has 0 atom stereocenters. The van der Waals surface area contributed by atoms with Crippen molar-refractivity contribution in [3.05, 3.63) is 28.2 Å². The maximum atomic E-state index is 11.6. The highest BCUT2D eigenvalue weighted by Gasteiger charge is 2.09. The Morgan fingerprint density at radius 2 is 2.20 bits per heavy atom. The van der Waals surface area contributed by atoms with Crippen molar-refractivity contribution in [1.82, 2.24) is 5.32 Å². The van der Waals surface area contributed by atoms with Gasteiger partial charge < -0.3 is 15.8 Å². The lowest BCUT2D eigenvalue weighted by atomic mass is 10.1. The van der Waals surface area contributed by atoms with Gasteiger partial charge in [0.1, 0.15) is 10.7 Å². The molecule has 6 heteroatoms. The quantitative estimate of drug-likeness (QED) is 0.735. The fourth-order valence-corrected chi connectivity index (χ4v) is 2.04. The van der Waals surface area contributed by atoms with Crippen molar-refractivity contribution in [2.24, 2.45) is 11.7 Å². The minimum absolute atomic E-state index is 0.0463. The fraction of sp³-hybridized carbons (Fsp3) is 0.429. The zero-order valence-corrected chi connectivity index (χ0v) is 14.0. The molecule has 110 valence electrons. The molecular formula is C14H19BrN2O2S. The second-order valence-electron chi connectivity index (χ2n) is 4.83. The molecule has 0 saturated carbocycles. The molecule has 0 bridgehead atoms. The van der Waals surface area contributed by atoms with Crippen LogP contribution in [0.2, 0.25) is 0 Å². The summed E-state index contributed by atoms with van der Waals surface area (Å²) < 4.78 is 6.33. The highest BCUT2D eigenvalue weighted by Crippen LogP contribution is 2.23. The molecule has 0 aromatic heterocycles. The Kier molecular flexibility index (Phi) is 6.95. The number of hydrogen-bond donors (Lipinski definition) is 2. The molecule has 20 heavy (non-hydrogen) atoms. The first-order valence-electron chi connectivity index (χ1n) is 6.39. The molecule has 0 aliphatic carbocycles. The van der Waals surface area contributed by atoms with E-state index in [1.54, 1.807) is 12.1 Å². The molecule has 0 spiro atoms. The van der Waals surface area contributed by atoms with Gasteiger partial charge in [-0.3, -0.25) is 4.79 Å². The largest absolute Gasteiger partial charge is 0.483 e. The summed E-state index contributed by atoms with van der Waals surface area (Å²) in [5.74, 6) is 0.922. The molecule has 0 saturated heterocycles. The third-order valence-corrected chi connectivity index (χ3v) is 3.32. The van der Waals surface area contributed by atoms with Crippen LogP contribution in [0.4, 0.5) is 0 Å². The minimum atomic E-state index is -0.151. The highest BCUT2D eigenvalue weighted by molar-refractivity contribution is 9.10. The van der Waals surface area contributed by atoms with Crippen LogP contribution >= 0.6 is 28.1 Å². The monoisotopic (exact) mass is 358 g/mol. The van der Waals surface area contributed by atoms with Gasteiger partial charge in [0, 0.05) is 11.0 Å². The lowest BCUT2D eigenvalue weighted by Gasteiger charge is -2.11. The number of ether oxygens (including phenoxy) is 1. The summed E-state index contributed by atoms with van der Waals surface area (Å²) in [7, 11) is 0. The van der Waals surface area contributed by atoms with E-state index in [4.69, 9.17) is 22.7 Å². The highest BCUT2D eigenvalue weighted by atomic mass is 79.9. The molecule has 0 radical (unpaired) electrons. The van der Waals surface area contributed by atoms with Crippen molar-refractivity contribution in [1.29, 1.82) is 0 Å². The maximum Gasteiger partial charge on any atom is 0.257 e. The number of nitrogens with one attached hydrogen (secondary N) is 1. The van der Waals surface area contributed by atoms with Crippen molar-refractivity contribution >= 4 is 39.0 Å². The molecule has 1 aromatic rings. The van der Waals surface area contributed by atoms with E-state index in [1.807, 2.05) is 6.07 Å². The van der Waals surface area contributed by atoms with Crippen LogP contribution in [-0.2, 0) is 4.79 Å². The van der Waals surface area contributed by atoms with Crippen molar-refractivity contribution in [3.8, 4) is 5.75 Å². The van der Waals surface area contributed by atoms with E-state index >= 15 is 0 Å². The Hall–Kier alpha value is -1.14. The third kappa shape index (κ3) is 5.88. The number of carbonyl (C=O) groups is 1. The SMILES string of the molecule is CC(C)CCNC(=O)COc1ccc(Br)cc1C(N)=S. The number of nitrogens with two attached hydrogens (primary N) is 1. The maximum absolute atomic E-state index is 11.6. The van der Waals surface area contributed by atoms with Crippen molar-refractivity contribution < 1.29 is 9.53 Å². The van der Waals surface area contributed by atoms with Gasteiger partial charge in [-0.15, -0.1) is 0 Å². The summed E-state index contributed by atoms with van der Waals surface area (Å²) in [5, 5.41) is 2.81. The average Bonchev–Trinajstić information content (AvgIpc) is 2.36. The Labute approximate surface area is 133 Å². The number of amides is 1. The molecule has 0 aliphatic rings. The second kappa shape index (κ2) is 8.21. The molecule has 0 fully saturated rings. The zero-order valence-electron chi connectivity index (χ0n) is 11.6. The summed E-state index contributed by atoms with van der Waals surface area (Å²) in [6.45, 7) is 4.83. The first-order valence-corrected chi connectivity index (χ1v) is 7.59. The topological polar surface area (TPSA) is 64.3 Å². The molecule has 4 nitrogen and oxygen atoms in total. The molecule has 1 rings (SSSR count). The molecule has 3 N–H and O–H groups in total. The van der Waals surface area contributed by atoms with E-state index in [2.05, 4.69) is 35.1 Å². The lowest BCUT2D eigenvalue weighted by molar-refractivity contribution is -0.123. The van der Waals surface area contributed by atoms with Gasteiger partial charge in [0.05, 0.1) is 5.56 Å². The lowest BCUT2D eigenvalue weighted by Crippen LogP contribution is -2.30. The molecule has 1 aromatic carbocycles. The fourth-order valence-electron chi connectivity index (χ4n) is 1.52. The summed E-state index contributed by atoms with van der Waals surface area (Å²) in [6.07, 6.45) is 0.947. The van der Waals surface area contributed by atoms with E-state index < -0.39 is 0 Å². The van der Waals surface area contributed by atoms with Crippen molar-refractivity contribution in [2.75, 3.05) is 13.2 Å². The van der Waals surface area contributed by atoms with Gasteiger partial charge in [-0.1, -0.05) is 42.0 Å². The van der Waals surface area contributed by atoms with Gasteiger partial charge in [0.15, 0.2) is 6.61 Å². The van der Waals surface area contributed by atoms with E-state index in [-0.39, 0.29) is 17.5 Å². The van der Waals surface area contributed by atoms with Gasteiger partial charge in [0.2, 0.25) is 0 Å². The number of halogens is 1. The predicted molar refractivity (Wildman–Crippen MR) is 88.0 cm³/mol. The van der Waals surface area contributed by atoms with Crippen molar-refractivity contribution in [2.45, 2.75) is 20.3 Å². The summed E-state index contributed by atoms with van der Waals surface area (Å²) in [6, 6.07) is 5.32. The third-order valence-electron chi connectivity index (χ3n) is 2.61. The Morgan fingerprint density at radius 3 is 2.80 bits per heavy atom. The van der Waals surface area contributed by atoms with Crippen LogP contribution in [0.1, 0.15) is 25.8 Å². The number of carbonyl (C=O) groups excluding carboxylic acids is 1. The van der Waals surface area contributed by atoms with Crippen LogP contribution in [0.3, 0.4) is 0 Å². The van der Waals surface area contributed by atoms with Gasteiger partial charge in [-0.2, -0.15) is 0 Å². The number of thiocarbonyl (C=S) groups is 1. The van der Waals surface area contributed by atoms with E-state index in [0.29, 0.717) is 23.8 Å². The number of hydrogen-bond acceptors (Lipinski definition) is 3. The van der Waals surface area contributed by atoms with Gasteiger partial charge >= 0.3 is 0 Å².